The number of esters is 1. The van der Waals surface area contributed by atoms with Crippen LogP contribution in [0.3, 0.4) is 0 Å². The molecule has 0 fully saturated rings. The summed E-state index contributed by atoms with van der Waals surface area (Å²) in [6.07, 6.45) is 0. The standard InChI is InChI=1S/C19H15F3N2O2S/c1-10-15(18(25)26-2)17(16-13(21)4-3-5-14(16)22)23-19(27)24(10)12-8-6-11(20)7-9-12/h3-9,17H,1-2H3,(H,23,27)/t17-/m1/s1. The molecule has 27 heavy (non-hydrogen) atoms. The van der Waals surface area contributed by atoms with E-state index in [1.807, 2.05) is 0 Å². The maximum atomic E-state index is 14.3. The number of rotatable bonds is 3. The molecule has 8 heteroatoms. The molecule has 4 nitrogen and oxygen atoms in total. The number of halogens is 3. The summed E-state index contributed by atoms with van der Waals surface area (Å²) >= 11 is 5.35. The molecular formula is C19H15F3N2O2S. The molecule has 0 unspecified atom stereocenters. The Morgan fingerprint density at radius 1 is 1.11 bits per heavy atom. The maximum Gasteiger partial charge on any atom is 0.337 e. The Labute approximate surface area is 159 Å². The molecule has 0 spiro atoms. The fourth-order valence-corrected chi connectivity index (χ4v) is 3.38. The van der Waals surface area contributed by atoms with E-state index in [1.54, 1.807) is 6.92 Å². The summed E-state index contributed by atoms with van der Waals surface area (Å²) in [4.78, 5) is 13.9. The molecular weight excluding hydrogens is 377 g/mol. The zero-order valence-corrected chi connectivity index (χ0v) is 15.2. The molecule has 1 heterocycles. The van der Waals surface area contributed by atoms with Crippen molar-refractivity contribution >= 4 is 29.0 Å². The Balaban J connectivity index is 2.19. The van der Waals surface area contributed by atoms with E-state index in [-0.39, 0.29) is 16.2 Å². The second-order valence-electron chi connectivity index (χ2n) is 5.82. The van der Waals surface area contributed by atoms with E-state index in [0.29, 0.717) is 11.4 Å². The van der Waals surface area contributed by atoms with Gasteiger partial charge in [0, 0.05) is 11.4 Å². The van der Waals surface area contributed by atoms with Crippen molar-refractivity contribution in [2.45, 2.75) is 13.0 Å². The zero-order chi connectivity index (χ0) is 19.7. The zero-order valence-electron chi connectivity index (χ0n) is 14.4. The van der Waals surface area contributed by atoms with Gasteiger partial charge in [-0.3, -0.25) is 4.90 Å². The van der Waals surface area contributed by atoms with Crippen LogP contribution in [0.2, 0.25) is 0 Å². The number of carbonyl (C=O) groups excluding carboxylic acids is 1. The second-order valence-corrected chi connectivity index (χ2v) is 6.21. The minimum absolute atomic E-state index is 0.000532. The lowest BCUT2D eigenvalue weighted by Crippen LogP contribution is -2.48. The van der Waals surface area contributed by atoms with Gasteiger partial charge in [-0.25, -0.2) is 18.0 Å². The molecule has 140 valence electrons. The van der Waals surface area contributed by atoms with Crippen molar-refractivity contribution in [3.8, 4) is 0 Å². The Kier molecular flexibility index (Phi) is 5.18. The van der Waals surface area contributed by atoms with Crippen molar-refractivity contribution in [3.05, 3.63) is 76.7 Å². The summed E-state index contributed by atoms with van der Waals surface area (Å²) in [7, 11) is 1.17. The molecule has 0 amide bonds. The van der Waals surface area contributed by atoms with E-state index in [2.05, 4.69) is 5.32 Å². The highest BCUT2D eigenvalue weighted by Gasteiger charge is 2.37. The van der Waals surface area contributed by atoms with Crippen LogP contribution in [0.1, 0.15) is 18.5 Å². The Morgan fingerprint density at radius 2 is 1.70 bits per heavy atom. The average Bonchev–Trinajstić information content (AvgIpc) is 2.62. The van der Waals surface area contributed by atoms with Crippen LogP contribution < -0.4 is 10.2 Å². The first kappa shape index (κ1) is 18.9. The number of benzene rings is 2. The summed E-state index contributed by atoms with van der Waals surface area (Å²) < 4.78 is 46.7. The number of thiocarbonyl (C=S) groups is 1. The molecule has 2 aromatic rings. The van der Waals surface area contributed by atoms with Crippen molar-refractivity contribution < 1.29 is 22.7 Å². The third-order valence-electron chi connectivity index (χ3n) is 4.26. The Bertz CT molecular complexity index is 924. The first-order chi connectivity index (χ1) is 12.8. The summed E-state index contributed by atoms with van der Waals surface area (Å²) in [6.45, 7) is 1.58. The van der Waals surface area contributed by atoms with Gasteiger partial charge >= 0.3 is 5.97 Å². The van der Waals surface area contributed by atoms with Gasteiger partial charge in [0.1, 0.15) is 17.5 Å². The molecule has 1 N–H and O–H groups in total. The summed E-state index contributed by atoms with van der Waals surface area (Å²) in [5, 5.41) is 2.91. The van der Waals surface area contributed by atoms with E-state index in [0.717, 1.165) is 12.1 Å². The predicted molar refractivity (Wildman–Crippen MR) is 98.4 cm³/mol. The molecule has 2 aromatic carbocycles. The summed E-state index contributed by atoms with van der Waals surface area (Å²) in [5.41, 5.74) is 0.475. The van der Waals surface area contributed by atoms with Crippen molar-refractivity contribution in [3.63, 3.8) is 0 Å². The van der Waals surface area contributed by atoms with Crippen LogP contribution in [0.5, 0.6) is 0 Å². The molecule has 1 aliphatic heterocycles. The number of carbonyl (C=O) groups is 1. The lowest BCUT2D eigenvalue weighted by atomic mass is 9.94. The van der Waals surface area contributed by atoms with Crippen molar-refractivity contribution in [2.24, 2.45) is 0 Å². The predicted octanol–water partition coefficient (Wildman–Crippen LogP) is 3.99. The number of allylic oxidation sites excluding steroid dienone is 1. The molecule has 1 atom stereocenters. The van der Waals surface area contributed by atoms with Crippen molar-refractivity contribution in [2.75, 3.05) is 12.0 Å². The van der Waals surface area contributed by atoms with Crippen LogP contribution in [0.25, 0.3) is 0 Å². The van der Waals surface area contributed by atoms with Gasteiger partial charge < -0.3 is 10.1 Å². The first-order valence-corrected chi connectivity index (χ1v) is 8.35. The Morgan fingerprint density at radius 3 is 2.26 bits per heavy atom. The number of methoxy groups -OCH3 is 1. The van der Waals surface area contributed by atoms with Gasteiger partial charge in [-0.1, -0.05) is 6.07 Å². The highest BCUT2D eigenvalue weighted by molar-refractivity contribution is 7.80. The van der Waals surface area contributed by atoms with E-state index in [4.69, 9.17) is 17.0 Å². The van der Waals surface area contributed by atoms with Crippen molar-refractivity contribution in [1.82, 2.24) is 5.32 Å². The monoisotopic (exact) mass is 392 g/mol. The van der Waals surface area contributed by atoms with E-state index in [1.165, 1.54) is 42.3 Å². The summed E-state index contributed by atoms with van der Waals surface area (Å²) in [6, 6.07) is 7.70. The van der Waals surface area contributed by atoms with E-state index >= 15 is 0 Å². The molecule has 0 radical (unpaired) electrons. The highest BCUT2D eigenvalue weighted by Crippen LogP contribution is 2.36. The highest BCUT2D eigenvalue weighted by atomic mass is 32.1. The van der Waals surface area contributed by atoms with Crippen LogP contribution in [-0.4, -0.2) is 18.2 Å². The Hall–Kier alpha value is -2.87. The number of hydrogen-bond donors (Lipinski definition) is 1. The number of nitrogens with one attached hydrogen (secondary N) is 1. The van der Waals surface area contributed by atoms with Crippen LogP contribution in [0, 0.1) is 17.5 Å². The topological polar surface area (TPSA) is 41.6 Å². The van der Waals surface area contributed by atoms with Gasteiger partial charge in [0.2, 0.25) is 0 Å². The van der Waals surface area contributed by atoms with Gasteiger partial charge in [0.05, 0.1) is 24.3 Å². The van der Waals surface area contributed by atoms with Gasteiger partial charge in [0.25, 0.3) is 0 Å². The molecule has 3 rings (SSSR count). The minimum Gasteiger partial charge on any atom is -0.466 e. The SMILES string of the molecule is COC(=O)C1=C(C)N(c2ccc(F)cc2)C(=S)N[C@H]1c1c(F)cccc1F. The normalized spacial score (nSPS) is 17.0. The van der Waals surface area contributed by atoms with Crippen LogP contribution in [-0.2, 0) is 9.53 Å². The van der Waals surface area contributed by atoms with Gasteiger partial charge in [-0.15, -0.1) is 0 Å². The largest absolute Gasteiger partial charge is 0.466 e. The minimum atomic E-state index is -1.16. The molecule has 0 aliphatic carbocycles. The fourth-order valence-electron chi connectivity index (χ4n) is 3.02. The lowest BCUT2D eigenvalue weighted by molar-refractivity contribution is -0.136. The van der Waals surface area contributed by atoms with Crippen LogP contribution >= 0.6 is 12.2 Å². The van der Waals surface area contributed by atoms with Gasteiger partial charge in [-0.2, -0.15) is 0 Å². The number of hydrogen-bond acceptors (Lipinski definition) is 3. The van der Waals surface area contributed by atoms with Crippen LogP contribution in [0.4, 0.5) is 18.9 Å². The number of ether oxygens (including phenoxy) is 1. The number of anilines is 1. The van der Waals surface area contributed by atoms with Crippen LogP contribution in [0.15, 0.2) is 53.7 Å². The second kappa shape index (κ2) is 7.40. The smallest absolute Gasteiger partial charge is 0.337 e. The van der Waals surface area contributed by atoms with E-state index in [9.17, 15) is 18.0 Å². The molecule has 0 saturated carbocycles. The quantitative estimate of drug-likeness (QED) is 0.632. The average molecular weight is 392 g/mol. The third-order valence-corrected chi connectivity index (χ3v) is 4.56. The maximum absolute atomic E-state index is 14.3. The molecule has 0 saturated heterocycles. The molecule has 0 aromatic heterocycles. The third kappa shape index (κ3) is 3.40. The fraction of sp³-hybridized carbons (Fsp3) is 0.158. The van der Waals surface area contributed by atoms with Gasteiger partial charge in [0.15, 0.2) is 5.11 Å². The molecule has 0 bridgehead atoms. The van der Waals surface area contributed by atoms with E-state index < -0.39 is 29.5 Å². The first-order valence-electron chi connectivity index (χ1n) is 7.94. The lowest BCUT2D eigenvalue weighted by Gasteiger charge is -2.37. The molecule has 1 aliphatic rings. The van der Waals surface area contributed by atoms with Crippen molar-refractivity contribution in [1.29, 1.82) is 0 Å². The number of nitrogens with zero attached hydrogens (tertiary/aromatic N) is 1. The summed E-state index contributed by atoms with van der Waals surface area (Å²) in [5.74, 6) is -2.84. The van der Waals surface area contributed by atoms with Gasteiger partial charge in [-0.05, 0) is 55.5 Å².